The number of benzene rings is 3. The molecule has 0 amide bonds. The summed E-state index contributed by atoms with van der Waals surface area (Å²) in [6, 6.07) is 20.8. The van der Waals surface area contributed by atoms with Crippen LogP contribution in [-0.2, 0) is 19.7 Å². The van der Waals surface area contributed by atoms with Crippen molar-refractivity contribution in [3.05, 3.63) is 72.8 Å². The third-order valence-corrected chi connectivity index (χ3v) is 7.17. The summed E-state index contributed by atoms with van der Waals surface area (Å²) in [6.45, 7) is 0. The van der Waals surface area contributed by atoms with Gasteiger partial charge < -0.3 is 4.98 Å². The van der Waals surface area contributed by atoms with Gasteiger partial charge in [-0.1, -0.05) is 60.7 Å². The molecule has 0 atom stereocenters. The van der Waals surface area contributed by atoms with Crippen molar-refractivity contribution in [1.82, 2.24) is 9.97 Å². The van der Waals surface area contributed by atoms with Gasteiger partial charge in [0, 0.05) is 11.8 Å². The maximum absolute atomic E-state index is 13.3. The molecule has 4 rings (SSSR count). The van der Waals surface area contributed by atoms with Crippen molar-refractivity contribution in [2.24, 2.45) is 0 Å². The standard InChI is InChI=1S/C20H16N2O4S2/c1-27(23,24)19-20(22-18(21-19)15-8-3-2-4-9-15)28(25,26)17-12-11-14-7-5-6-10-16(14)13-17/h2-13H,1H3,(H,21,22). The molecule has 0 aliphatic carbocycles. The molecule has 4 aromatic rings. The number of aromatic nitrogens is 2. The van der Waals surface area contributed by atoms with Gasteiger partial charge in [0.2, 0.25) is 9.84 Å². The van der Waals surface area contributed by atoms with Crippen molar-refractivity contribution in [1.29, 1.82) is 0 Å². The van der Waals surface area contributed by atoms with Gasteiger partial charge in [0.1, 0.15) is 5.82 Å². The highest BCUT2D eigenvalue weighted by molar-refractivity contribution is 7.94. The van der Waals surface area contributed by atoms with E-state index >= 15 is 0 Å². The van der Waals surface area contributed by atoms with Crippen LogP contribution in [0.5, 0.6) is 0 Å². The van der Waals surface area contributed by atoms with Gasteiger partial charge in [0.05, 0.1) is 4.90 Å². The molecule has 1 N–H and O–H groups in total. The molecule has 6 nitrogen and oxygen atoms in total. The van der Waals surface area contributed by atoms with Crippen LogP contribution < -0.4 is 0 Å². The van der Waals surface area contributed by atoms with Crippen LogP contribution in [0, 0.1) is 0 Å². The van der Waals surface area contributed by atoms with Crippen molar-refractivity contribution in [2.45, 2.75) is 14.9 Å². The van der Waals surface area contributed by atoms with Gasteiger partial charge in [-0.05, 0) is 22.9 Å². The van der Waals surface area contributed by atoms with Gasteiger partial charge in [-0.3, -0.25) is 0 Å². The molecule has 3 aromatic carbocycles. The van der Waals surface area contributed by atoms with Crippen molar-refractivity contribution < 1.29 is 16.8 Å². The summed E-state index contributed by atoms with van der Waals surface area (Å²) < 4.78 is 51.0. The Labute approximate surface area is 162 Å². The molecule has 0 saturated heterocycles. The first kappa shape index (κ1) is 18.4. The van der Waals surface area contributed by atoms with E-state index in [2.05, 4.69) is 9.97 Å². The fourth-order valence-electron chi connectivity index (χ4n) is 2.96. The lowest BCUT2D eigenvalue weighted by Crippen LogP contribution is -2.09. The summed E-state index contributed by atoms with van der Waals surface area (Å²) in [4.78, 5) is 6.80. The van der Waals surface area contributed by atoms with Crippen LogP contribution >= 0.6 is 0 Å². The second kappa shape index (κ2) is 6.57. The number of nitrogens with zero attached hydrogens (tertiary/aromatic N) is 1. The lowest BCUT2D eigenvalue weighted by atomic mass is 10.1. The van der Waals surface area contributed by atoms with E-state index in [0.29, 0.717) is 5.56 Å². The second-order valence-corrected chi connectivity index (χ2v) is 10.2. The monoisotopic (exact) mass is 412 g/mol. The van der Waals surface area contributed by atoms with Crippen LogP contribution in [0.2, 0.25) is 0 Å². The van der Waals surface area contributed by atoms with Gasteiger partial charge >= 0.3 is 0 Å². The summed E-state index contributed by atoms with van der Waals surface area (Å²) in [7, 11) is -8.00. The minimum Gasteiger partial charge on any atom is -0.328 e. The van der Waals surface area contributed by atoms with E-state index in [1.54, 1.807) is 42.5 Å². The number of fused-ring (bicyclic) bond motifs is 1. The molecule has 1 aromatic heterocycles. The second-order valence-electron chi connectivity index (χ2n) is 6.37. The predicted octanol–water partition coefficient (Wildman–Crippen LogP) is 3.47. The summed E-state index contributed by atoms with van der Waals surface area (Å²) >= 11 is 0. The van der Waals surface area contributed by atoms with Crippen molar-refractivity contribution >= 4 is 30.4 Å². The molecule has 0 radical (unpaired) electrons. The number of nitrogens with one attached hydrogen (secondary N) is 1. The Morgan fingerprint density at radius 1 is 0.786 bits per heavy atom. The van der Waals surface area contributed by atoms with E-state index in [1.165, 1.54) is 12.1 Å². The zero-order valence-electron chi connectivity index (χ0n) is 14.8. The Morgan fingerprint density at radius 3 is 2.11 bits per heavy atom. The lowest BCUT2D eigenvalue weighted by Gasteiger charge is -2.06. The van der Waals surface area contributed by atoms with E-state index in [1.807, 2.05) is 18.2 Å². The van der Waals surface area contributed by atoms with Crippen LogP contribution in [0.15, 0.2) is 87.7 Å². The molecular weight excluding hydrogens is 396 g/mol. The Balaban J connectivity index is 1.94. The van der Waals surface area contributed by atoms with Crippen LogP contribution in [0.3, 0.4) is 0 Å². The largest absolute Gasteiger partial charge is 0.328 e. The number of rotatable bonds is 4. The first-order valence-electron chi connectivity index (χ1n) is 8.36. The SMILES string of the molecule is CS(=O)(=O)c1nc(-c2ccccc2)[nH]c1S(=O)(=O)c1ccc2ccccc2c1. The molecule has 1 heterocycles. The lowest BCUT2D eigenvalue weighted by molar-refractivity contribution is 0.580. The number of sulfone groups is 2. The summed E-state index contributed by atoms with van der Waals surface area (Å²) in [6.07, 6.45) is 0.942. The number of hydrogen-bond acceptors (Lipinski definition) is 5. The fraction of sp³-hybridized carbons (Fsp3) is 0.0500. The van der Waals surface area contributed by atoms with Gasteiger partial charge in [0.15, 0.2) is 19.9 Å². The van der Waals surface area contributed by atoms with Gasteiger partial charge in [-0.2, -0.15) is 0 Å². The summed E-state index contributed by atoms with van der Waals surface area (Å²) in [5.41, 5.74) is 0.590. The average molecular weight is 412 g/mol. The molecule has 142 valence electrons. The number of imidazole rings is 1. The number of H-pyrrole nitrogens is 1. The Bertz CT molecular complexity index is 1390. The summed E-state index contributed by atoms with van der Waals surface area (Å²) in [5.74, 6) is 0.181. The molecule has 0 unspecified atom stereocenters. The minimum absolute atomic E-state index is 0.000591. The molecule has 0 spiro atoms. The van der Waals surface area contributed by atoms with E-state index in [0.717, 1.165) is 17.0 Å². The number of hydrogen-bond donors (Lipinski definition) is 1. The highest BCUT2D eigenvalue weighted by atomic mass is 32.2. The minimum atomic E-state index is -4.13. The van der Waals surface area contributed by atoms with Crippen LogP contribution in [0.4, 0.5) is 0 Å². The predicted molar refractivity (Wildman–Crippen MR) is 107 cm³/mol. The van der Waals surface area contributed by atoms with Crippen molar-refractivity contribution in [3.63, 3.8) is 0 Å². The zero-order valence-corrected chi connectivity index (χ0v) is 16.5. The van der Waals surface area contributed by atoms with Gasteiger partial charge in [0.25, 0.3) is 0 Å². The molecule has 0 fully saturated rings. The zero-order chi connectivity index (χ0) is 19.9. The maximum Gasteiger partial charge on any atom is 0.224 e. The summed E-state index contributed by atoms with van der Waals surface area (Å²) in [5, 5.41) is 0.718. The quantitative estimate of drug-likeness (QED) is 0.554. The van der Waals surface area contributed by atoms with Crippen molar-refractivity contribution in [3.8, 4) is 11.4 Å². The molecule has 28 heavy (non-hydrogen) atoms. The normalized spacial score (nSPS) is 12.3. The topological polar surface area (TPSA) is 97.0 Å². The Morgan fingerprint density at radius 2 is 1.43 bits per heavy atom. The Hall–Kier alpha value is -2.97. The van der Waals surface area contributed by atoms with E-state index < -0.39 is 29.7 Å². The number of aromatic amines is 1. The van der Waals surface area contributed by atoms with Gasteiger partial charge in [-0.25, -0.2) is 21.8 Å². The van der Waals surface area contributed by atoms with E-state index in [-0.39, 0.29) is 10.7 Å². The molecule has 0 aliphatic rings. The third kappa shape index (κ3) is 3.21. The van der Waals surface area contributed by atoms with Crippen LogP contribution in [0.1, 0.15) is 0 Å². The first-order chi connectivity index (χ1) is 13.3. The van der Waals surface area contributed by atoms with Crippen LogP contribution in [0.25, 0.3) is 22.2 Å². The fourth-order valence-corrected chi connectivity index (χ4v) is 5.66. The average Bonchev–Trinajstić information content (AvgIpc) is 3.15. The van der Waals surface area contributed by atoms with E-state index in [9.17, 15) is 16.8 Å². The molecule has 8 heteroatoms. The highest BCUT2D eigenvalue weighted by Gasteiger charge is 2.31. The van der Waals surface area contributed by atoms with Crippen LogP contribution in [-0.4, -0.2) is 33.1 Å². The smallest absolute Gasteiger partial charge is 0.224 e. The molecular formula is C20H16N2O4S2. The molecule has 0 bridgehead atoms. The van der Waals surface area contributed by atoms with Gasteiger partial charge in [-0.15, -0.1) is 0 Å². The van der Waals surface area contributed by atoms with Crippen molar-refractivity contribution in [2.75, 3.05) is 6.26 Å². The first-order valence-corrected chi connectivity index (χ1v) is 11.7. The maximum atomic E-state index is 13.3. The Kier molecular flexibility index (Phi) is 4.32. The third-order valence-electron chi connectivity index (χ3n) is 4.34. The molecule has 0 saturated carbocycles. The molecule has 0 aliphatic heterocycles. The highest BCUT2D eigenvalue weighted by Crippen LogP contribution is 2.30. The van der Waals surface area contributed by atoms with E-state index in [4.69, 9.17) is 0 Å².